The van der Waals surface area contributed by atoms with Crippen LogP contribution in [0.5, 0.6) is 0 Å². The molecule has 2 aromatic heterocycles. The van der Waals surface area contributed by atoms with Crippen molar-refractivity contribution in [3.63, 3.8) is 0 Å². The van der Waals surface area contributed by atoms with Crippen LogP contribution in [0.2, 0.25) is 0 Å². The van der Waals surface area contributed by atoms with E-state index in [1.807, 2.05) is 0 Å². The number of fused-ring (bicyclic) bond motifs is 1. The number of aromatic amines is 1. The fraction of sp³-hybridized carbons (Fsp3) is 0.412. The zero-order chi connectivity index (χ0) is 18.5. The molecule has 0 spiro atoms. The van der Waals surface area contributed by atoms with Crippen molar-refractivity contribution in [1.29, 1.82) is 0 Å². The van der Waals surface area contributed by atoms with E-state index in [0.717, 1.165) is 5.56 Å². The molecule has 0 atom stereocenters. The maximum Gasteiger partial charge on any atom is 0.241 e. The van der Waals surface area contributed by atoms with Crippen molar-refractivity contribution >= 4 is 34.9 Å². The van der Waals surface area contributed by atoms with E-state index in [1.165, 1.54) is 6.08 Å². The van der Waals surface area contributed by atoms with Crippen molar-refractivity contribution in [1.82, 2.24) is 19.9 Å². The zero-order valence-electron chi connectivity index (χ0n) is 14.3. The Bertz CT molecular complexity index is 826. The number of carbonyl (C=O) groups excluding carboxylic acids is 2. The van der Waals surface area contributed by atoms with Gasteiger partial charge in [-0.1, -0.05) is 0 Å². The maximum absolute atomic E-state index is 12.2. The molecule has 1 aliphatic heterocycles. The third kappa shape index (κ3) is 3.98. The molecule has 2 aromatic rings. The van der Waals surface area contributed by atoms with Gasteiger partial charge in [-0.3, -0.25) is 14.0 Å². The Labute approximate surface area is 149 Å². The minimum absolute atomic E-state index is 0.00616. The van der Waals surface area contributed by atoms with Crippen LogP contribution >= 0.6 is 0 Å². The van der Waals surface area contributed by atoms with Gasteiger partial charge in [0.05, 0.1) is 12.9 Å². The number of rotatable bonds is 6. The third-order valence-electron chi connectivity index (χ3n) is 4.31. The highest BCUT2D eigenvalue weighted by molar-refractivity contribution is 5.93. The second-order valence-electron chi connectivity index (χ2n) is 6.07. The molecule has 1 aliphatic rings. The van der Waals surface area contributed by atoms with Crippen LogP contribution in [0.15, 0.2) is 18.5 Å². The average molecular weight is 360 g/mol. The van der Waals surface area contributed by atoms with Gasteiger partial charge in [0.1, 0.15) is 11.3 Å². The van der Waals surface area contributed by atoms with Crippen LogP contribution in [-0.4, -0.2) is 64.5 Å². The third-order valence-corrected chi connectivity index (χ3v) is 4.31. The predicted octanol–water partition coefficient (Wildman–Crippen LogP) is 0.855. The van der Waals surface area contributed by atoms with E-state index in [4.69, 9.17) is 5.73 Å². The molecule has 0 unspecified atom stereocenters. The van der Waals surface area contributed by atoms with Crippen molar-refractivity contribution < 1.29 is 14.0 Å². The predicted molar refractivity (Wildman–Crippen MR) is 96.1 cm³/mol. The minimum Gasteiger partial charge on any atom is -0.366 e. The van der Waals surface area contributed by atoms with Crippen LogP contribution in [-0.2, 0) is 9.59 Å². The van der Waals surface area contributed by atoms with E-state index in [2.05, 4.69) is 19.9 Å². The number of hydrogen-bond donors (Lipinski definition) is 2. The largest absolute Gasteiger partial charge is 0.366 e. The lowest BCUT2D eigenvalue weighted by Crippen LogP contribution is -2.49. The van der Waals surface area contributed by atoms with Gasteiger partial charge >= 0.3 is 0 Å². The Kier molecular flexibility index (Phi) is 5.45. The molecular formula is C17H21FN6O2. The summed E-state index contributed by atoms with van der Waals surface area (Å²) >= 11 is 0. The molecule has 2 amide bonds. The number of primary amides is 1. The Morgan fingerprint density at radius 1 is 1.31 bits per heavy atom. The summed E-state index contributed by atoms with van der Waals surface area (Å²) in [6, 6.07) is 0. The molecule has 0 aromatic carbocycles. The van der Waals surface area contributed by atoms with Gasteiger partial charge in [0, 0.05) is 50.4 Å². The number of nitrogens with zero attached hydrogens (tertiary/aromatic N) is 4. The fourth-order valence-corrected chi connectivity index (χ4v) is 2.91. The normalized spacial score (nSPS) is 15.1. The molecule has 0 bridgehead atoms. The zero-order valence-corrected chi connectivity index (χ0v) is 14.3. The number of nitrogens with one attached hydrogen (secondary N) is 1. The lowest BCUT2D eigenvalue weighted by atomic mass is 10.2. The number of piperazine rings is 1. The molecule has 1 saturated heterocycles. The van der Waals surface area contributed by atoms with E-state index < -0.39 is 12.6 Å². The Morgan fingerprint density at radius 3 is 2.77 bits per heavy atom. The van der Waals surface area contributed by atoms with Gasteiger partial charge < -0.3 is 20.5 Å². The molecule has 9 heteroatoms. The number of anilines is 1. The lowest BCUT2D eigenvalue weighted by molar-refractivity contribution is -0.131. The van der Waals surface area contributed by atoms with Crippen LogP contribution in [0.4, 0.5) is 10.2 Å². The highest BCUT2D eigenvalue weighted by Gasteiger charge is 2.22. The summed E-state index contributed by atoms with van der Waals surface area (Å²) in [6.07, 6.45) is 6.80. The molecule has 3 rings (SSSR count). The minimum atomic E-state index is -0.531. The fourth-order valence-electron chi connectivity index (χ4n) is 2.91. The highest BCUT2D eigenvalue weighted by Crippen LogP contribution is 2.20. The van der Waals surface area contributed by atoms with Crippen molar-refractivity contribution in [3.05, 3.63) is 24.0 Å². The summed E-state index contributed by atoms with van der Waals surface area (Å²) in [5, 5.41) is 0. The van der Waals surface area contributed by atoms with Crippen molar-refractivity contribution in [2.24, 2.45) is 5.73 Å². The first kappa shape index (κ1) is 17.8. The molecule has 8 nitrogen and oxygen atoms in total. The number of alkyl halides is 1. The van der Waals surface area contributed by atoms with Crippen LogP contribution in [0.1, 0.15) is 18.4 Å². The summed E-state index contributed by atoms with van der Waals surface area (Å²) in [4.78, 5) is 38.7. The van der Waals surface area contributed by atoms with Gasteiger partial charge in [-0.05, 0) is 12.5 Å². The lowest BCUT2D eigenvalue weighted by Gasteiger charge is -2.35. The quantitative estimate of drug-likeness (QED) is 0.743. The summed E-state index contributed by atoms with van der Waals surface area (Å²) in [5.41, 5.74) is 7.14. The van der Waals surface area contributed by atoms with E-state index in [9.17, 15) is 14.0 Å². The number of aromatic nitrogens is 3. The van der Waals surface area contributed by atoms with Gasteiger partial charge in [0.2, 0.25) is 11.8 Å². The second-order valence-corrected chi connectivity index (χ2v) is 6.07. The first-order chi connectivity index (χ1) is 12.6. The van der Waals surface area contributed by atoms with Gasteiger partial charge in [-0.15, -0.1) is 0 Å². The van der Waals surface area contributed by atoms with E-state index in [0.29, 0.717) is 43.2 Å². The molecule has 0 radical (unpaired) electrons. The van der Waals surface area contributed by atoms with Crippen molar-refractivity contribution in [2.45, 2.75) is 12.8 Å². The number of carbonyl (C=O) groups is 2. The summed E-state index contributed by atoms with van der Waals surface area (Å²) in [5.74, 6) is 0.173. The van der Waals surface area contributed by atoms with E-state index in [1.54, 1.807) is 23.4 Å². The Morgan fingerprint density at radius 2 is 2.08 bits per heavy atom. The number of nitrogens with two attached hydrogens (primary N) is 1. The molecule has 3 heterocycles. The van der Waals surface area contributed by atoms with Crippen LogP contribution in [0.25, 0.3) is 17.2 Å². The number of H-pyrrole nitrogens is 1. The van der Waals surface area contributed by atoms with Crippen molar-refractivity contribution in [3.8, 4) is 0 Å². The molecule has 1 fully saturated rings. The second kappa shape index (κ2) is 7.94. The van der Waals surface area contributed by atoms with E-state index >= 15 is 0 Å². The van der Waals surface area contributed by atoms with Crippen LogP contribution in [0.3, 0.4) is 0 Å². The molecular weight excluding hydrogens is 339 g/mol. The van der Waals surface area contributed by atoms with Gasteiger partial charge in [-0.25, -0.2) is 9.97 Å². The molecule has 138 valence electrons. The maximum atomic E-state index is 12.2. The first-order valence-electron chi connectivity index (χ1n) is 8.49. The van der Waals surface area contributed by atoms with Gasteiger partial charge in [0.25, 0.3) is 0 Å². The van der Waals surface area contributed by atoms with Crippen molar-refractivity contribution in [2.75, 3.05) is 37.8 Å². The number of hydrogen-bond acceptors (Lipinski definition) is 5. The summed E-state index contributed by atoms with van der Waals surface area (Å²) < 4.78 is 12.2. The molecule has 0 aliphatic carbocycles. The monoisotopic (exact) mass is 360 g/mol. The van der Waals surface area contributed by atoms with Crippen LogP contribution in [0, 0.1) is 0 Å². The average Bonchev–Trinajstić information content (AvgIpc) is 3.06. The standard InChI is InChI=1S/C17H21FN6O2/c18-5-1-2-15(26)24-8-6-23(7-9-24)14-11-21-17-16(22-14)12(10-20-17)3-4-13(19)25/h3-4,10-11H,1-2,5-9H2,(H2,19,25)(H,20,21)/b4-3+. The smallest absolute Gasteiger partial charge is 0.241 e. The summed E-state index contributed by atoms with van der Waals surface area (Å²) in [6.45, 7) is 1.96. The number of amides is 2. The molecule has 26 heavy (non-hydrogen) atoms. The number of halogens is 1. The Balaban J connectivity index is 1.70. The van der Waals surface area contributed by atoms with Gasteiger partial charge in [0.15, 0.2) is 5.65 Å². The topological polar surface area (TPSA) is 108 Å². The first-order valence-corrected chi connectivity index (χ1v) is 8.49. The van der Waals surface area contributed by atoms with Gasteiger partial charge in [-0.2, -0.15) is 0 Å². The van der Waals surface area contributed by atoms with Crippen LogP contribution < -0.4 is 10.6 Å². The van der Waals surface area contributed by atoms with E-state index in [-0.39, 0.29) is 18.7 Å². The molecule has 3 N–H and O–H groups in total. The molecule has 0 saturated carbocycles. The Hall–Kier alpha value is -2.97. The SMILES string of the molecule is NC(=O)/C=C/c1c[nH]c2ncc(N3CCN(C(=O)CCCF)CC3)nc12. The summed E-state index contributed by atoms with van der Waals surface area (Å²) in [7, 11) is 0. The highest BCUT2D eigenvalue weighted by atomic mass is 19.1.